The van der Waals surface area contributed by atoms with Crippen molar-refractivity contribution in [1.82, 2.24) is 9.97 Å². The van der Waals surface area contributed by atoms with E-state index in [2.05, 4.69) is 9.97 Å². The van der Waals surface area contributed by atoms with E-state index < -0.39 is 0 Å². The first-order valence-corrected chi connectivity index (χ1v) is 5.12. The van der Waals surface area contributed by atoms with Crippen LogP contribution in [-0.4, -0.2) is 9.97 Å². The molecule has 0 aliphatic heterocycles. The summed E-state index contributed by atoms with van der Waals surface area (Å²) in [5, 5.41) is 0. The third kappa shape index (κ3) is 8.63. The van der Waals surface area contributed by atoms with Crippen LogP contribution in [0.3, 0.4) is 0 Å². The maximum Gasteiger partial charge on any atom is 0.0372 e. The van der Waals surface area contributed by atoms with Crippen molar-refractivity contribution in [3.8, 4) is 0 Å². The van der Waals surface area contributed by atoms with E-state index in [-0.39, 0.29) is 0 Å². The van der Waals surface area contributed by atoms with Gasteiger partial charge in [0.2, 0.25) is 0 Å². The maximum absolute atomic E-state index is 3.98. The minimum absolute atomic E-state index is 1.07. The second-order valence-corrected chi connectivity index (χ2v) is 2.50. The van der Waals surface area contributed by atoms with Crippen LogP contribution >= 0.6 is 0 Å². The number of pyridine rings is 2. The first-order valence-electron chi connectivity index (χ1n) is 5.12. The van der Waals surface area contributed by atoms with Gasteiger partial charge in [-0.05, 0) is 31.2 Å². The SMILES string of the molecule is CC.Cc1ccccn1.c1ccncc1. The Morgan fingerprint density at radius 1 is 0.800 bits per heavy atom. The summed E-state index contributed by atoms with van der Waals surface area (Å²) in [7, 11) is 0. The van der Waals surface area contributed by atoms with Gasteiger partial charge in [0, 0.05) is 24.3 Å². The fraction of sp³-hybridized carbons (Fsp3) is 0.231. The third-order valence-corrected chi connectivity index (χ3v) is 1.38. The maximum atomic E-state index is 3.98. The van der Waals surface area contributed by atoms with Crippen molar-refractivity contribution in [2.75, 3.05) is 0 Å². The lowest BCUT2D eigenvalue weighted by molar-refractivity contribution is 1.20. The molecular weight excluding hydrogens is 184 g/mol. The van der Waals surface area contributed by atoms with Crippen molar-refractivity contribution in [3.05, 3.63) is 60.7 Å². The molecule has 2 heteroatoms. The zero-order valence-corrected chi connectivity index (χ0v) is 9.59. The van der Waals surface area contributed by atoms with Gasteiger partial charge in [-0.1, -0.05) is 26.0 Å². The van der Waals surface area contributed by atoms with Crippen LogP contribution in [0.4, 0.5) is 0 Å². The van der Waals surface area contributed by atoms with Crippen LogP contribution in [0.25, 0.3) is 0 Å². The Morgan fingerprint density at radius 3 is 1.60 bits per heavy atom. The molecule has 2 aromatic heterocycles. The number of hydrogen-bond acceptors (Lipinski definition) is 2. The molecule has 0 saturated carbocycles. The van der Waals surface area contributed by atoms with Gasteiger partial charge in [-0.3, -0.25) is 9.97 Å². The molecule has 0 spiro atoms. The van der Waals surface area contributed by atoms with Gasteiger partial charge < -0.3 is 0 Å². The van der Waals surface area contributed by atoms with Crippen LogP contribution in [0, 0.1) is 6.92 Å². The van der Waals surface area contributed by atoms with E-state index in [0.717, 1.165) is 5.69 Å². The summed E-state index contributed by atoms with van der Waals surface area (Å²) in [6, 6.07) is 11.6. The van der Waals surface area contributed by atoms with E-state index in [1.165, 1.54) is 0 Å². The molecule has 2 rings (SSSR count). The molecule has 0 N–H and O–H groups in total. The Balaban J connectivity index is 0.000000227. The largest absolute Gasteiger partial charge is 0.265 e. The first-order chi connectivity index (χ1) is 7.39. The number of aryl methyl sites for hydroxylation is 1. The molecule has 0 aliphatic carbocycles. The predicted octanol–water partition coefficient (Wildman–Crippen LogP) is 3.50. The van der Waals surface area contributed by atoms with Gasteiger partial charge in [-0.15, -0.1) is 0 Å². The minimum atomic E-state index is 1.07. The quantitative estimate of drug-likeness (QED) is 0.653. The van der Waals surface area contributed by atoms with Crippen molar-refractivity contribution in [1.29, 1.82) is 0 Å². The first kappa shape index (κ1) is 13.3. The van der Waals surface area contributed by atoms with E-state index in [4.69, 9.17) is 0 Å². The van der Waals surface area contributed by atoms with Crippen LogP contribution < -0.4 is 0 Å². The molecule has 0 radical (unpaired) electrons. The molecule has 0 aliphatic rings. The Hall–Kier alpha value is -1.70. The normalized spacial score (nSPS) is 7.67. The molecular formula is C13H18N2. The molecule has 2 heterocycles. The Kier molecular flexibility index (Phi) is 9.20. The van der Waals surface area contributed by atoms with Gasteiger partial charge in [0.05, 0.1) is 0 Å². The second kappa shape index (κ2) is 10.4. The highest BCUT2D eigenvalue weighted by atomic mass is 14.6. The molecule has 0 unspecified atom stereocenters. The third-order valence-electron chi connectivity index (χ3n) is 1.38. The van der Waals surface area contributed by atoms with Crippen molar-refractivity contribution in [3.63, 3.8) is 0 Å². The molecule has 0 aromatic carbocycles. The monoisotopic (exact) mass is 202 g/mol. The van der Waals surface area contributed by atoms with Crippen LogP contribution in [0.5, 0.6) is 0 Å². The average molecular weight is 202 g/mol. The average Bonchev–Trinajstić information content (AvgIpc) is 2.36. The highest BCUT2D eigenvalue weighted by Crippen LogP contribution is 1.86. The van der Waals surface area contributed by atoms with Gasteiger partial charge in [0.25, 0.3) is 0 Å². The zero-order valence-electron chi connectivity index (χ0n) is 9.59. The lowest BCUT2D eigenvalue weighted by Crippen LogP contribution is -1.72. The molecule has 80 valence electrons. The topological polar surface area (TPSA) is 25.8 Å². The Labute approximate surface area is 92.0 Å². The second-order valence-electron chi connectivity index (χ2n) is 2.50. The fourth-order valence-electron chi connectivity index (χ4n) is 0.761. The van der Waals surface area contributed by atoms with Crippen LogP contribution in [0.15, 0.2) is 55.0 Å². The summed E-state index contributed by atoms with van der Waals surface area (Å²) in [5.41, 5.74) is 1.07. The number of rotatable bonds is 0. The lowest BCUT2D eigenvalue weighted by atomic mass is 10.4. The van der Waals surface area contributed by atoms with Gasteiger partial charge in [-0.2, -0.15) is 0 Å². The fourth-order valence-corrected chi connectivity index (χ4v) is 0.761. The standard InChI is InChI=1S/C6H7N.C5H5N.C2H6/c1-6-4-2-3-5-7-6;1-2-4-6-5-3-1;1-2/h2-5H,1H3;1-5H;1-2H3. The number of aromatic nitrogens is 2. The van der Waals surface area contributed by atoms with E-state index in [1.807, 2.05) is 57.2 Å². The highest BCUT2D eigenvalue weighted by Gasteiger charge is 1.73. The van der Waals surface area contributed by atoms with Crippen LogP contribution in [0.2, 0.25) is 0 Å². The van der Waals surface area contributed by atoms with E-state index in [0.29, 0.717) is 0 Å². The summed E-state index contributed by atoms with van der Waals surface area (Å²) in [4.78, 5) is 7.76. The summed E-state index contributed by atoms with van der Waals surface area (Å²) < 4.78 is 0. The summed E-state index contributed by atoms with van der Waals surface area (Å²) in [5.74, 6) is 0. The molecule has 0 amide bonds. The van der Waals surface area contributed by atoms with E-state index in [1.54, 1.807) is 18.6 Å². The van der Waals surface area contributed by atoms with Crippen molar-refractivity contribution >= 4 is 0 Å². The molecule has 0 fully saturated rings. The molecule has 0 saturated heterocycles. The molecule has 15 heavy (non-hydrogen) atoms. The van der Waals surface area contributed by atoms with Gasteiger partial charge in [-0.25, -0.2) is 0 Å². The van der Waals surface area contributed by atoms with Crippen molar-refractivity contribution < 1.29 is 0 Å². The van der Waals surface area contributed by atoms with Gasteiger partial charge >= 0.3 is 0 Å². The molecule has 2 aromatic rings. The van der Waals surface area contributed by atoms with Gasteiger partial charge in [0.1, 0.15) is 0 Å². The lowest BCUT2D eigenvalue weighted by Gasteiger charge is -1.82. The van der Waals surface area contributed by atoms with E-state index >= 15 is 0 Å². The van der Waals surface area contributed by atoms with Crippen LogP contribution in [0.1, 0.15) is 19.5 Å². The Bertz CT molecular complexity index is 279. The van der Waals surface area contributed by atoms with Gasteiger partial charge in [0.15, 0.2) is 0 Å². The summed E-state index contributed by atoms with van der Waals surface area (Å²) in [6.45, 7) is 5.97. The molecule has 0 atom stereocenters. The zero-order chi connectivity index (χ0) is 11.4. The summed E-state index contributed by atoms with van der Waals surface area (Å²) >= 11 is 0. The van der Waals surface area contributed by atoms with E-state index in [9.17, 15) is 0 Å². The van der Waals surface area contributed by atoms with Crippen LogP contribution in [-0.2, 0) is 0 Å². The number of hydrogen-bond donors (Lipinski definition) is 0. The number of nitrogens with zero attached hydrogens (tertiary/aromatic N) is 2. The highest BCUT2D eigenvalue weighted by molar-refractivity contribution is 4.99. The predicted molar refractivity (Wildman–Crippen MR) is 64.6 cm³/mol. The Morgan fingerprint density at radius 2 is 1.40 bits per heavy atom. The molecule has 2 nitrogen and oxygen atoms in total. The summed E-state index contributed by atoms with van der Waals surface area (Å²) in [6.07, 6.45) is 5.29. The smallest absolute Gasteiger partial charge is 0.0372 e. The van der Waals surface area contributed by atoms with Crippen molar-refractivity contribution in [2.24, 2.45) is 0 Å². The minimum Gasteiger partial charge on any atom is -0.265 e. The molecule has 0 bridgehead atoms. The van der Waals surface area contributed by atoms with Crippen molar-refractivity contribution in [2.45, 2.75) is 20.8 Å².